The number of β-amino-alcohol motifs (C(OH)–C–C–N with tert-alkyl or cyclic N) is 1. The predicted octanol–water partition coefficient (Wildman–Crippen LogP) is 2.53. The van der Waals surface area contributed by atoms with Crippen molar-refractivity contribution in [2.24, 2.45) is 0 Å². The van der Waals surface area contributed by atoms with Gasteiger partial charge in [0.05, 0.1) is 18.8 Å². The molecule has 1 saturated heterocycles. The third-order valence-corrected chi connectivity index (χ3v) is 4.90. The van der Waals surface area contributed by atoms with Gasteiger partial charge in [0.2, 0.25) is 5.89 Å². The van der Waals surface area contributed by atoms with Crippen LogP contribution >= 0.6 is 0 Å². The monoisotopic (exact) mass is 329 g/mol. The van der Waals surface area contributed by atoms with Gasteiger partial charge in [-0.05, 0) is 45.0 Å². The Hall–Kier alpha value is -1.69. The number of aromatic nitrogens is 1. The number of hydrogen-bond donors (Lipinski definition) is 1. The van der Waals surface area contributed by atoms with E-state index < -0.39 is 6.10 Å². The van der Waals surface area contributed by atoms with E-state index in [0.717, 1.165) is 48.8 Å². The lowest BCUT2D eigenvalue weighted by Gasteiger charge is -2.25. The molecule has 5 heteroatoms. The standard InChI is InChI=1S/C19H27N3O2/c1-14-6-4-5-7-17(14)18(23)12-22-9-8-16(11-22)21(3)13-19-20-10-15(2)24-19/h4-7,10,16,18,23H,8-9,11-13H2,1-3H3/t16-,18-/m0/s1. The van der Waals surface area contributed by atoms with E-state index in [9.17, 15) is 5.11 Å². The molecule has 1 N–H and O–H groups in total. The molecule has 2 heterocycles. The fourth-order valence-electron chi connectivity index (χ4n) is 3.46. The van der Waals surface area contributed by atoms with Crippen LogP contribution in [0.2, 0.25) is 0 Å². The zero-order chi connectivity index (χ0) is 17.1. The van der Waals surface area contributed by atoms with Crippen LogP contribution in [0.5, 0.6) is 0 Å². The molecular weight excluding hydrogens is 302 g/mol. The number of likely N-dealkylation sites (N-methyl/N-ethyl adjacent to an activating group) is 1. The van der Waals surface area contributed by atoms with Crippen LogP contribution in [0.15, 0.2) is 34.9 Å². The van der Waals surface area contributed by atoms with Crippen molar-refractivity contribution in [2.75, 3.05) is 26.7 Å². The molecule has 1 fully saturated rings. The van der Waals surface area contributed by atoms with Gasteiger partial charge in [-0.1, -0.05) is 24.3 Å². The minimum absolute atomic E-state index is 0.426. The molecule has 0 radical (unpaired) electrons. The van der Waals surface area contributed by atoms with E-state index in [0.29, 0.717) is 12.6 Å². The molecule has 1 aliphatic rings. The van der Waals surface area contributed by atoms with Gasteiger partial charge in [-0.15, -0.1) is 0 Å². The summed E-state index contributed by atoms with van der Waals surface area (Å²) >= 11 is 0. The van der Waals surface area contributed by atoms with Crippen molar-refractivity contribution >= 4 is 0 Å². The second-order valence-electron chi connectivity index (χ2n) is 6.85. The fraction of sp³-hybridized carbons (Fsp3) is 0.526. The third kappa shape index (κ3) is 4.04. The van der Waals surface area contributed by atoms with E-state index in [1.807, 2.05) is 25.1 Å². The molecule has 3 rings (SSSR count). The van der Waals surface area contributed by atoms with Crippen LogP contribution in [0, 0.1) is 13.8 Å². The van der Waals surface area contributed by atoms with Gasteiger partial charge in [-0.3, -0.25) is 9.80 Å². The van der Waals surface area contributed by atoms with E-state index in [1.54, 1.807) is 6.20 Å². The van der Waals surface area contributed by atoms with Crippen molar-refractivity contribution in [3.8, 4) is 0 Å². The molecule has 0 amide bonds. The smallest absolute Gasteiger partial charge is 0.208 e. The number of aryl methyl sites for hydroxylation is 2. The van der Waals surface area contributed by atoms with E-state index >= 15 is 0 Å². The molecule has 2 aromatic rings. The number of nitrogens with zero attached hydrogens (tertiary/aromatic N) is 3. The predicted molar refractivity (Wildman–Crippen MR) is 93.7 cm³/mol. The Morgan fingerprint density at radius 2 is 2.17 bits per heavy atom. The SMILES string of the molecule is Cc1cnc(CN(C)[C@H]2CCN(C[C@H](O)c3ccccc3C)C2)o1. The zero-order valence-electron chi connectivity index (χ0n) is 14.8. The number of oxazole rings is 1. The summed E-state index contributed by atoms with van der Waals surface area (Å²) in [5.41, 5.74) is 2.18. The minimum atomic E-state index is -0.426. The fourth-order valence-corrected chi connectivity index (χ4v) is 3.46. The van der Waals surface area contributed by atoms with Crippen LogP contribution in [0.25, 0.3) is 0 Å². The Kier molecular flexibility index (Phi) is 5.33. The van der Waals surface area contributed by atoms with Crippen molar-refractivity contribution < 1.29 is 9.52 Å². The van der Waals surface area contributed by atoms with Crippen molar-refractivity contribution in [3.05, 3.63) is 53.2 Å². The molecule has 1 aromatic heterocycles. The van der Waals surface area contributed by atoms with Crippen molar-refractivity contribution in [3.63, 3.8) is 0 Å². The summed E-state index contributed by atoms with van der Waals surface area (Å²) in [4.78, 5) is 8.93. The molecule has 130 valence electrons. The molecule has 5 nitrogen and oxygen atoms in total. The van der Waals surface area contributed by atoms with Crippen molar-refractivity contribution in [2.45, 2.75) is 39.0 Å². The van der Waals surface area contributed by atoms with Gasteiger partial charge < -0.3 is 9.52 Å². The summed E-state index contributed by atoms with van der Waals surface area (Å²) in [6.45, 7) is 7.37. The Morgan fingerprint density at radius 1 is 1.38 bits per heavy atom. The maximum Gasteiger partial charge on any atom is 0.208 e. The van der Waals surface area contributed by atoms with Crippen LogP contribution in [0.4, 0.5) is 0 Å². The minimum Gasteiger partial charge on any atom is -0.445 e. The van der Waals surface area contributed by atoms with Crippen molar-refractivity contribution in [1.29, 1.82) is 0 Å². The Balaban J connectivity index is 1.52. The van der Waals surface area contributed by atoms with Crippen LogP contribution in [-0.4, -0.2) is 52.6 Å². The van der Waals surface area contributed by atoms with Crippen LogP contribution in [-0.2, 0) is 6.54 Å². The van der Waals surface area contributed by atoms with E-state index in [1.165, 1.54) is 0 Å². The zero-order valence-corrected chi connectivity index (χ0v) is 14.8. The van der Waals surface area contributed by atoms with Crippen LogP contribution in [0.1, 0.15) is 35.3 Å². The first kappa shape index (κ1) is 17.1. The molecule has 24 heavy (non-hydrogen) atoms. The highest BCUT2D eigenvalue weighted by Crippen LogP contribution is 2.22. The Bertz CT molecular complexity index is 670. The van der Waals surface area contributed by atoms with Gasteiger partial charge in [-0.25, -0.2) is 4.98 Å². The first-order chi connectivity index (χ1) is 11.5. The number of likely N-dealkylation sites (tertiary alicyclic amines) is 1. The summed E-state index contributed by atoms with van der Waals surface area (Å²) in [7, 11) is 2.12. The van der Waals surface area contributed by atoms with Gasteiger partial charge >= 0.3 is 0 Å². The average molecular weight is 329 g/mol. The van der Waals surface area contributed by atoms with Gasteiger partial charge in [0.1, 0.15) is 5.76 Å². The largest absolute Gasteiger partial charge is 0.445 e. The lowest BCUT2D eigenvalue weighted by Crippen LogP contribution is -2.35. The van der Waals surface area contributed by atoms with Gasteiger partial charge in [0.15, 0.2) is 0 Å². The second kappa shape index (κ2) is 7.47. The molecule has 0 bridgehead atoms. The molecule has 0 saturated carbocycles. The third-order valence-electron chi connectivity index (χ3n) is 4.90. The normalized spacial score (nSPS) is 20.0. The summed E-state index contributed by atoms with van der Waals surface area (Å²) in [6, 6.07) is 8.55. The van der Waals surface area contributed by atoms with Gasteiger partial charge in [0.25, 0.3) is 0 Å². The van der Waals surface area contributed by atoms with Gasteiger partial charge in [0, 0.05) is 19.1 Å². The van der Waals surface area contributed by atoms with Crippen LogP contribution in [0.3, 0.4) is 0 Å². The summed E-state index contributed by atoms with van der Waals surface area (Å²) in [5.74, 6) is 1.63. The summed E-state index contributed by atoms with van der Waals surface area (Å²) in [6.07, 6.45) is 2.45. The number of rotatable bonds is 6. The summed E-state index contributed by atoms with van der Waals surface area (Å²) < 4.78 is 5.57. The molecule has 1 aromatic carbocycles. The lowest BCUT2D eigenvalue weighted by atomic mass is 10.0. The topological polar surface area (TPSA) is 52.7 Å². The molecule has 0 spiro atoms. The van der Waals surface area contributed by atoms with E-state index in [-0.39, 0.29) is 0 Å². The van der Waals surface area contributed by atoms with E-state index in [2.05, 4.69) is 34.8 Å². The highest BCUT2D eigenvalue weighted by Gasteiger charge is 2.28. The number of aliphatic hydroxyl groups excluding tert-OH is 1. The quantitative estimate of drug-likeness (QED) is 0.882. The number of aliphatic hydroxyl groups is 1. The average Bonchev–Trinajstić information content (AvgIpc) is 3.17. The highest BCUT2D eigenvalue weighted by atomic mass is 16.4. The molecular formula is C19H27N3O2. The Labute approximate surface area is 143 Å². The van der Waals surface area contributed by atoms with E-state index in [4.69, 9.17) is 4.42 Å². The van der Waals surface area contributed by atoms with Crippen molar-refractivity contribution in [1.82, 2.24) is 14.8 Å². The van der Waals surface area contributed by atoms with Gasteiger partial charge in [-0.2, -0.15) is 0 Å². The summed E-state index contributed by atoms with van der Waals surface area (Å²) in [5, 5.41) is 10.5. The Morgan fingerprint density at radius 3 is 2.88 bits per heavy atom. The molecule has 1 aliphatic heterocycles. The highest BCUT2D eigenvalue weighted by molar-refractivity contribution is 5.27. The maximum absolute atomic E-state index is 10.5. The maximum atomic E-state index is 10.5. The molecule has 0 unspecified atom stereocenters. The second-order valence-corrected chi connectivity index (χ2v) is 6.85. The van der Waals surface area contributed by atoms with Crippen LogP contribution < -0.4 is 0 Å². The first-order valence-electron chi connectivity index (χ1n) is 8.60. The number of benzene rings is 1. The molecule has 0 aliphatic carbocycles. The lowest BCUT2D eigenvalue weighted by molar-refractivity contribution is 0.119. The first-order valence-corrected chi connectivity index (χ1v) is 8.60. The number of hydrogen-bond acceptors (Lipinski definition) is 5. The molecule has 2 atom stereocenters.